The minimum Gasteiger partial charge on any atom is -0.449 e. The summed E-state index contributed by atoms with van der Waals surface area (Å²) in [7, 11) is 0. The number of rotatable bonds is 4. The minimum atomic E-state index is -0.948. The third-order valence-corrected chi connectivity index (χ3v) is 4.32. The normalized spacial score (nSPS) is 12.0. The predicted molar refractivity (Wildman–Crippen MR) is 100 cm³/mol. The van der Waals surface area contributed by atoms with Crippen LogP contribution in [0, 0.1) is 20.8 Å². The summed E-state index contributed by atoms with van der Waals surface area (Å²) in [5.41, 5.74) is 4.07. The molecular formula is C21H21NO4. The summed E-state index contributed by atoms with van der Waals surface area (Å²) in [5.74, 6) is -0.918. The van der Waals surface area contributed by atoms with E-state index >= 15 is 0 Å². The van der Waals surface area contributed by atoms with Gasteiger partial charge in [0.05, 0.1) is 0 Å². The number of furan rings is 1. The molecule has 1 atom stereocenters. The highest BCUT2D eigenvalue weighted by Gasteiger charge is 2.24. The zero-order chi connectivity index (χ0) is 18.8. The maximum atomic E-state index is 12.4. The lowest BCUT2D eigenvalue weighted by Crippen LogP contribution is -2.30. The van der Waals surface area contributed by atoms with Crippen LogP contribution in [0.25, 0.3) is 11.0 Å². The number of hydrogen-bond donors (Lipinski definition) is 1. The summed E-state index contributed by atoms with van der Waals surface area (Å²) in [6.45, 7) is 7.23. The molecule has 1 heterocycles. The average molecular weight is 351 g/mol. The standard InChI is InChI=1S/C21H21NO4/c1-12-9-10-17(13(2)11-12)22-20(23)15(4)25-21(24)19-14(3)16-7-5-6-8-18(16)26-19/h5-11,15H,1-4H3,(H,22,23)/t15-/m1/s1. The zero-order valence-electron chi connectivity index (χ0n) is 15.3. The van der Waals surface area contributed by atoms with Crippen molar-refractivity contribution < 1.29 is 18.7 Å². The lowest BCUT2D eigenvalue weighted by molar-refractivity contribution is -0.123. The number of esters is 1. The molecule has 1 aromatic heterocycles. The van der Waals surface area contributed by atoms with E-state index in [9.17, 15) is 9.59 Å². The van der Waals surface area contributed by atoms with E-state index in [0.29, 0.717) is 16.8 Å². The van der Waals surface area contributed by atoms with Gasteiger partial charge in [0.2, 0.25) is 5.76 Å². The number of fused-ring (bicyclic) bond motifs is 1. The van der Waals surface area contributed by atoms with Gasteiger partial charge < -0.3 is 14.5 Å². The van der Waals surface area contributed by atoms with E-state index in [4.69, 9.17) is 9.15 Å². The molecule has 0 aliphatic rings. The van der Waals surface area contributed by atoms with Crippen molar-refractivity contribution in [2.45, 2.75) is 33.8 Å². The van der Waals surface area contributed by atoms with Crippen molar-refractivity contribution in [1.82, 2.24) is 0 Å². The summed E-state index contributed by atoms with van der Waals surface area (Å²) < 4.78 is 10.9. The first-order valence-corrected chi connectivity index (χ1v) is 8.44. The Morgan fingerprint density at radius 3 is 2.50 bits per heavy atom. The van der Waals surface area contributed by atoms with Gasteiger partial charge in [-0.3, -0.25) is 4.79 Å². The topological polar surface area (TPSA) is 68.5 Å². The number of amides is 1. The number of ether oxygens (including phenoxy) is 1. The van der Waals surface area contributed by atoms with Gasteiger partial charge in [0.15, 0.2) is 6.10 Å². The van der Waals surface area contributed by atoms with E-state index in [2.05, 4.69) is 5.32 Å². The number of hydrogen-bond acceptors (Lipinski definition) is 4. The highest BCUT2D eigenvalue weighted by Crippen LogP contribution is 2.26. The first kappa shape index (κ1) is 17.7. The van der Waals surface area contributed by atoms with Crippen molar-refractivity contribution in [2.24, 2.45) is 0 Å². The molecule has 26 heavy (non-hydrogen) atoms. The summed E-state index contributed by atoms with van der Waals surface area (Å²) in [6.07, 6.45) is -0.948. The van der Waals surface area contributed by atoms with Crippen LogP contribution in [0.4, 0.5) is 5.69 Å². The molecule has 1 N–H and O–H groups in total. The molecule has 5 nitrogen and oxygen atoms in total. The molecule has 0 spiro atoms. The van der Waals surface area contributed by atoms with E-state index in [0.717, 1.165) is 16.5 Å². The second-order valence-electron chi connectivity index (χ2n) is 6.41. The Labute approximate surface area is 152 Å². The molecule has 0 aliphatic carbocycles. The minimum absolute atomic E-state index is 0.123. The second kappa shape index (κ2) is 7.04. The molecule has 0 saturated heterocycles. The summed E-state index contributed by atoms with van der Waals surface area (Å²) in [4.78, 5) is 24.8. The Hall–Kier alpha value is -3.08. The molecular weight excluding hydrogens is 330 g/mol. The number of anilines is 1. The van der Waals surface area contributed by atoms with Gasteiger partial charge in [-0.25, -0.2) is 4.79 Å². The summed E-state index contributed by atoms with van der Waals surface area (Å²) >= 11 is 0. The quantitative estimate of drug-likeness (QED) is 0.701. The van der Waals surface area contributed by atoms with Crippen LogP contribution >= 0.6 is 0 Å². The third-order valence-electron chi connectivity index (χ3n) is 4.32. The largest absolute Gasteiger partial charge is 0.449 e. The number of para-hydroxylation sites is 1. The third kappa shape index (κ3) is 3.47. The first-order valence-electron chi connectivity index (χ1n) is 8.44. The van der Waals surface area contributed by atoms with E-state index in [1.165, 1.54) is 6.92 Å². The fraction of sp³-hybridized carbons (Fsp3) is 0.238. The average Bonchev–Trinajstić information content (AvgIpc) is 2.94. The van der Waals surface area contributed by atoms with E-state index in [-0.39, 0.29) is 11.7 Å². The van der Waals surface area contributed by atoms with Crippen LogP contribution in [-0.2, 0) is 9.53 Å². The van der Waals surface area contributed by atoms with E-state index < -0.39 is 12.1 Å². The highest BCUT2D eigenvalue weighted by molar-refractivity contribution is 5.99. The molecule has 134 valence electrons. The molecule has 0 unspecified atom stereocenters. The maximum Gasteiger partial charge on any atom is 0.375 e. The molecule has 0 saturated carbocycles. The Balaban J connectivity index is 1.71. The Morgan fingerprint density at radius 2 is 1.81 bits per heavy atom. The van der Waals surface area contributed by atoms with Crippen LogP contribution in [-0.4, -0.2) is 18.0 Å². The molecule has 0 fully saturated rings. The van der Waals surface area contributed by atoms with Crippen molar-refractivity contribution in [3.05, 3.63) is 64.9 Å². The molecule has 0 bridgehead atoms. The Kier molecular flexibility index (Phi) is 4.80. The van der Waals surface area contributed by atoms with Crippen LogP contribution in [0.3, 0.4) is 0 Å². The van der Waals surface area contributed by atoms with Crippen molar-refractivity contribution in [2.75, 3.05) is 5.32 Å². The van der Waals surface area contributed by atoms with Gasteiger partial charge in [0, 0.05) is 16.6 Å². The van der Waals surface area contributed by atoms with Crippen LogP contribution < -0.4 is 5.32 Å². The van der Waals surface area contributed by atoms with Crippen LogP contribution in [0.15, 0.2) is 46.9 Å². The molecule has 1 amide bonds. The Bertz CT molecular complexity index is 987. The van der Waals surface area contributed by atoms with E-state index in [1.807, 2.05) is 50.2 Å². The molecule has 3 rings (SSSR count). The number of nitrogens with one attached hydrogen (secondary N) is 1. The smallest absolute Gasteiger partial charge is 0.375 e. The predicted octanol–water partition coefficient (Wildman–Crippen LogP) is 4.54. The summed E-state index contributed by atoms with van der Waals surface area (Å²) in [6, 6.07) is 13.1. The van der Waals surface area contributed by atoms with Gasteiger partial charge >= 0.3 is 5.97 Å². The van der Waals surface area contributed by atoms with Gasteiger partial charge in [-0.1, -0.05) is 35.9 Å². The van der Waals surface area contributed by atoms with Crippen molar-refractivity contribution in [3.8, 4) is 0 Å². The van der Waals surface area contributed by atoms with E-state index in [1.54, 1.807) is 13.0 Å². The highest BCUT2D eigenvalue weighted by atomic mass is 16.6. The lowest BCUT2D eigenvalue weighted by atomic mass is 10.1. The van der Waals surface area contributed by atoms with Crippen LogP contribution in [0.2, 0.25) is 0 Å². The zero-order valence-corrected chi connectivity index (χ0v) is 15.3. The Morgan fingerprint density at radius 1 is 1.08 bits per heavy atom. The van der Waals surface area contributed by atoms with Gasteiger partial charge in [-0.15, -0.1) is 0 Å². The number of benzene rings is 2. The van der Waals surface area contributed by atoms with Crippen molar-refractivity contribution in [1.29, 1.82) is 0 Å². The number of carbonyl (C=O) groups is 2. The van der Waals surface area contributed by atoms with Gasteiger partial charge in [0.25, 0.3) is 5.91 Å². The molecule has 3 aromatic rings. The molecule has 2 aromatic carbocycles. The van der Waals surface area contributed by atoms with Crippen LogP contribution in [0.5, 0.6) is 0 Å². The first-order chi connectivity index (χ1) is 12.4. The monoisotopic (exact) mass is 351 g/mol. The number of carbonyl (C=O) groups excluding carboxylic acids is 2. The fourth-order valence-electron chi connectivity index (χ4n) is 2.82. The van der Waals surface area contributed by atoms with Gasteiger partial charge in [-0.05, 0) is 45.4 Å². The lowest BCUT2D eigenvalue weighted by Gasteiger charge is -2.14. The van der Waals surface area contributed by atoms with Crippen molar-refractivity contribution in [3.63, 3.8) is 0 Å². The molecule has 0 aliphatic heterocycles. The SMILES string of the molecule is Cc1ccc(NC(=O)[C@@H](C)OC(=O)c2oc3ccccc3c2C)c(C)c1. The summed E-state index contributed by atoms with van der Waals surface area (Å²) in [5, 5.41) is 3.64. The van der Waals surface area contributed by atoms with Gasteiger partial charge in [-0.2, -0.15) is 0 Å². The fourth-order valence-corrected chi connectivity index (χ4v) is 2.82. The maximum absolute atomic E-state index is 12.4. The van der Waals surface area contributed by atoms with Crippen molar-refractivity contribution >= 4 is 28.5 Å². The second-order valence-corrected chi connectivity index (χ2v) is 6.41. The van der Waals surface area contributed by atoms with Crippen LogP contribution in [0.1, 0.15) is 34.2 Å². The molecule has 5 heteroatoms. The van der Waals surface area contributed by atoms with Gasteiger partial charge in [0.1, 0.15) is 5.58 Å². The molecule has 0 radical (unpaired) electrons. The number of aryl methyl sites for hydroxylation is 3.